The van der Waals surface area contributed by atoms with E-state index in [4.69, 9.17) is 9.94 Å². The summed E-state index contributed by atoms with van der Waals surface area (Å²) in [5.74, 6) is -4.29. The molecule has 2 atom stereocenters. The Bertz CT molecular complexity index is 513. The fourth-order valence-electron chi connectivity index (χ4n) is 2.40. The zero-order valence-corrected chi connectivity index (χ0v) is 16.9. The average molecular weight is 407 g/mol. The SMILES string of the molecule is CCC(=O)N(O)CCC[C@H](NC(C)=O)C(O)(O)OCCC(C)CC(=O)N(C)O. The third-order valence-corrected chi connectivity index (χ3v) is 4.09. The van der Waals surface area contributed by atoms with Crippen LogP contribution in [0.4, 0.5) is 0 Å². The van der Waals surface area contributed by atoms with Crippen molar-refractivity contribution in [2.75, 3.05) is 20.2 Å². The minimum Gasteiger partial charge on any atom is -0.346 e. The van der Waals surface area contributed by atoms with Crippen molar-refractivity contribution in [1.82, 2.24) is 15.4 Å². The molecule has 0 aromatic carbocycles. The van der Waals surface area contributed by atoms with Gasteiger partial charge < -0.3 is 20.3 Å². The summed E-state index contributed by atoms with van der Waals surface area (Å²) >= 11 is 0. The Morgan fingerprint density at radius 1 is 1.14 bits per heavy atom. The number of rotatable bonds is 13. The van der Waals surface area contributed by atoms with E-state index in [9.17, 15) is 29.8 Å². The number of hydroxylamine groups is 4. The highest BCUT2D eigenvalue weighted by molar-refractivity contribution is 5.75. The highest BCUT2D eigenvalue weighted by Gasteiger charge is 2.36. The van der Waals surface area contributed by atoms with Gasteiger partial charge in [-0.15, -0.1) is 0 Å². The molecule has 28 heavy (non-hydrogen) atoms. The van der Waals surface area contributed by atoms with Gasteiger partial charge in [0.1, 0.15) is 6.04 Å². The van der Waals surface area contributed by atoms with E-state index in [0.717, 1.165) is 0 Å². The molecule has 0 aromatic heterocycles. The summed E-state index contributed by atoms with van der Waals surface area (Å²) in [5, 5.41) is 42.3. The van der Waals surface area contributed by atoms with E-state index >= 15 is 0 Å². The Labute approximate surface area is 164 Å². The summed E-state index contributed by atoms with van der Waals surface area (Å²) in [4.78, 5) is 34.1. The van der Waals surface area contributed by atoms with Crippen LogP contribution >= 0.6 is 0 Å². The number of amides is 3. The molecule has 0 spiro atoms. The Balaban J connectivity index is 4.61. The van der Waals surface area contributed by atoms with Gasteiger partial charge in [0.05, 0.1) is 6.61 Å². The van der Waals surface area contributed by atoms with Gasteiger partial charge in [-0.25, -0.2) is 10.1 Å². The Morgan fingerprint density at radius 3 is 2.25 bits per heavy atom. The van der Waals surface area contributed by atoms with E-state index in [2.05, 4.69) is 5.32 Å². The summed E-state index contributed by atoms with van der Waals surface area (Å²) in [6, 6.07) is -1.18. The van der Waals surface area contributed by atoms with E-state index in [1.807, 2.05) is 0 Å². The molecule has 0 radical (unpaired) electrons. The van der Waals surface area contributed by atoms with E-state index in [1.54, 1.807) is 13.8 Å². The number of hydrogen-bond donors (Lipinski definition) is 5. The summed E-state index contributed by atoms with van der Waals surface area (Å²) in [6.45, 7) is 4.41. The number of nitrogens with one attached hydrogen (secondary N) is 1. The lowest BCUT2D eigenvalue weighted by Gasteiger charge is -2.32. The smallest absolute Gasteiger partial charge is 0.299 e. The van der Waals surface area contributed by atoms with Crippen LogP contribution in [0.15, 0.2) is 0 Å². The van der Waals surface area contributed by atoms with Crippen molar-refractivity contribution >= 4 is 17.7 Å². The lowest BCUT2D eigenvalue weighted by Crippen LogP contribution is -2.54. The van der Waals surface area contributed by atoms with Crippen LogP contribution in [0.25, 0.3) is 0 Å². The maximum Gasteiger partial charge on any atom is 0.299 e. The molecule has 0 fully saturated rings. The van der Waals surface area contributed by atoms with Crippen molar-refractivity contribution in [2.45, 2.75) is 64.9 Å². The predicted molar refractivity (Wildman–Crippen MR) is 96.7 cm³/mol. The van der Waals surface area contributed by atoms with E-state index in [1.165, 1.54) is 14.0 Å². The topological polar surface area (TPSA) is 160 Å². The first-order chi connectivity index (χ1) is 12.9. The Hall–Kier alpha value is -1.79. The first kappa shape index (κ1) is 26.2. The van der Waals surface area contributed by atoms with Crippen LogP contribution in [-0.2, 0) is 19.1 Å². The molecule has 0 saturated heterocycles. The molecule has 0 bridgehead atoms. The van der Waals surface area contributed by atoms with Crippen LogP contribution in [-0.4, -0.2) is 80.7 Å². The third kappa shape index (κ3) is 10.5. The fourth-order valence-corrected chi connectivity index (χ4v) is 2.40. The van der Waals surface area contributed by atoms with Crippen molar-refractivity contribution in [3.63, 3.8) is 0 Å². The first-order valence-corrected chi connectivity index (χ1v) is 9.21. The van der Waals surface area contributed by atoms with Gasteiger partial charge in [-0.05, 0) is 25.2 Å². The second kappa shape index (κ2) is 12.6. The fraction of sp³-hybridized carbons (Fsp3) is 0.824. The highest BCUT2D eigenvalue weighted by Crippen LogP contribution is 2.17. The molecule has 11 nitrogen and oxygen atoms in total. The van der Waals surface area contributed by atoms with Gasteiger partial charge in [0.2, 0.25) is 17.7 Å². The summed E-state index contributed by atoms with van der Waals surface area (Å²) in [5.41, 5.74) is 0. The average Bonchev–Trinajstić information content (AvgIpc) is 2.59. The van der Waals surface area contributed by atoms with Crippen molar-refractivity contribution < 1.29 is 39.7 Å². The van der Waals surface area contributed by atoms with Gasteiger partial charge in [-0.2, -0.15) is 0 Å². The number of nitrogens with zero attached hydrogens (tertiary/aromatic N) is 2. The minimum absolute atomic E-state index is 0.0317. The zero-order chi connectivity index (χ0) is 21.9. The highest BCUT2D eigenvalue weighted by atomic mass is 16.8. The van der Waals surface area contributed by atoms with Gasteiger partial charge in [-0.3, -0.25) is 24.8 Å². The second-order valence-corrected chi connectivity index (χ2v) is 6.79. The third-order valence-electron chi connectivity index (χ3n) is 4.09. The van der Waals surface area contributed by atoms with Crippen molar-refractivity contribution in [3.05, 3.63) is 0 Å². The molecule has 0 aliphatic heterocycles. The molecule has 0 rings (SSSR count). The molecule has 1 unspecified atom stereocenters. The van der Waals surface area contributed by atoms with Gasteiger partial charge >= 0.3 is 0 Å². The summed E-state index contributed by atoms with van der Waals surface area (Å²) < 4.78 is 5.10. The number of ether oxygens (including phenoxy) is 1. The van der Waals surface area contributed by atoms with Gasteiger partial charge in [0, 0.05) is 33.4 Å². The Morgan fingerprint density at radius 2 is 1.75 bits per heavy atom. The number of hydrogen-bond acceptors (Lipinski definition) is 8. The number of carbonyl (C=O) groups excluding carboxylic acids is 3. The van der Waals surface area contributed by atoms with Crippen LogP contribution in [0, 0.1) is 5.92 Å². The van der Waals surface area contributed by atoms with E-state index in [0.29, 0.717) is 16.5 Å². The van der Waals surface area contributed by atoms with Crippen molar-refractivity contribution in [1.29, 1.82) is 0 Å². The zero-order valence-electron chi connectivity index (χ0n) is 16.9. The van der Waals surface area contributed by atoms with Crippen molar-refractivity contribution in [2.24, 2.45) is 5.92 Å². The number of carbonyl (C=O) groups is 3. The number of aliphatic hydroxyl groups is 2. The summed E-state index contributed by atoms with van der Waals surface area (Å²) in [6.07, 6.45) is 0.723. The lowest BCUT2D eigenvalue weighted by atomic mass is 10.0. The predicted octanol–water partition coefficient (Wildman–Crippen LogP) is -0.182. The monoisotopic (exact) mass is 407 g/mol. The molecular formula is C17H33N3O8. The molecule has 0 heterocycles. The standard InChI is InChI=1S/C17H33N3O8/c1-5-15(22)20(27)9-6-7-14(18-13(3)21)17(24,25)28-10-8-12(2)11-16(23)19(4)26/h12,14,24-27H,5-11H2,1-4H3,(H,18,21)/t12?,14-/m0/s1. The normalized spacial score (nSPS) is 13.6. The van der Waals surface area contributed by atoms with Crippen LogP contribution in [0.5, 0.6) is 0 Å². The molecule has 5 N–H and O–H groups in total. The molecule has 0 aliphatic rings. The van der Waals surface area contributed by atoms with Crippen LogP contribution < -0.4 is 5.32 Å². The van der Waals surface area contributed by atoms with Gasteiger partial charge in [-0.1, -0.05) is 13.8 Å². The van der Waals surface area contributed by atoms with Crippen LogP contribution in [0.2, 0.25) is 0 Å². The lowest BCUT2D eigenvalue weighted by molar-refractivity contribution is -0.352. The molecule has 0 aliphatic carbocycles. The Kier molecular flexibility index (Phi) is 11.8. The first-order valence-electron chi connectivity index (χ1n) is 9.21. The van der Waals surface area contributed by atoms with Gasteiger partial charge in [0.25, 0.3) is 5.97 Å². The maximum atomic E-state index is 11.4. The quantitative estimate of drug-likeness (QED) is 0.160. The molecule has 164 valence electrons. The van der Waals surface area contributed by atoms with E-state index < -0.39 is 29.7 Å². The van der Waals surface area contributed by atoms with Crippen LogP contribution in [0.3, 0.4) is 0 Å². The van der Waals surface area contributed by atoms with Gasteiger partial charge in [0.15, 0.2) is 0 Å². The minimum atomic E-state index is -2.67. The summed E-state index contributed by atoms with van der Waals surface area (Å²) in [7, 11) is 1.22. The largest absolute Gasteiger partial charge is 0.346 e. The maximum absolute atomic E-state index is 11.4. The van der Waals surface area contributed by atoms with Crippen LogP contribution in [0.1, 0.15) is 52.9 Å². The van der Waals surface area contributed by atoms with E-state index in [-0.39, 0.29) is 44.8 Å². The molecule has 0 aromatic rings. The molecular weight excluding hydrogens is 374 g/mol. The molecule has 11 heteroatoms. The second-order valence-electron chi connectivity index (χ2n) is 6.79. The van der Waals surface area contributed by atoms with Crippen molar-refractivity contribution in [3.8, 4) is 0 Å². The molecule has 0 saturated carbocycles. The molecule has 3 amide bonds.